The fourth-order valence-electron chi connectivity index (χ4n) is 4.43. The number of halogens is 2. The first kappa shape index (κ1) is 22.4. The Kier molecular flexibility index (Phi) is 7.36. The number of rotatable bonds is 7. The molecule has 0 N–H and O–H groups in total. The first-order valence-corrected chi connectivity index (χ1v) is 12.1. The van der Waals surface area contributed by atoms with Gasteiger partial charge in [0, 0.05) is 41.6 Å². The van der Waals surface area contributed by atoms with E-state index in [1.54, 1.807) is 0 Å². The van der Waals surface area contributed by atoms with Crippen LogP contribution in [0.25, 0.3) is 10.9 Å². The first-order valence-electron chi connectivity index (χ1n) is 10.9. The zero-order chi connectivity index (χ0) is 21.8. The van der Waals surface area contributed by atoms with E-state index in [0.29, 0.717) is 19.1 Å². The topological polar surface area (TPSA) is 34.5 Å². The number of ether oxygens (including phenoxy) is 1. The molecule has 31 heavy (non-hydrogen) atoms. The van der Waals surface area contributed by atoms with Crippen LogP contribution in [0.5, 0.6) is 0 Å². The Balaban J connectivity index is 1.41. The highest BCUT2D eigenvalue weighted by atomic mass is 79.9. The monoisotopic (exact) mass is 502 g/mol. The number of benzene rings is 2. The Labute approximate surface area is 197 Å². The van der Waals surface area contributed by atoms with Gasteiger partial charge in [-0.15, -0.1) is 0 Å². The lowest BCUT2D eigenvalue weighted by molar-refractivity contribution is -0.142. The molecule has 0 aliphatic carbocycles. The van der Waals surface area contributed by atoms with Crippen LogP contribution in [-0.4, -0.2) is 41.7 Å². The maximum atomic E-state index is 11.9. The molecule has 0 saturated carbocycles. The van der Waals surface area contributed by atoms with Crippen LogP contribution in [0.15, 0.2) is 53.1 Å². The van der Waals surface area contributed by atoms with Crippen LogP contribution < -0.4 is 0 Å². The Morgan fingerprint density at radius 3 is 2.52 bits per heavy atom. The number of nitrogens with zero attached hydrogens (tertiary/aromatic N) is 2. The van der Waals surface area contributed by atoms with Gasteiger partial charge in [-0.05, 0) is 77.5 Å². The molecule has 2 aromatic carbocycles. The zero-order valence-electron chi connectivity index (χ0n) is 17.8. The second-order valence-electron chi connectivity index (χ2n) is 8.16. The van der Waals surface area contributed by atoms with Crippen molar-refractivity contribution in [2.45, 2.75) is 38.6 Å². The Morgan fingerprint density at radius 1 is 1.10 bits per heavy atom. The standard InChI is InChI=1S/C25H28BrClN2O2/c1-2-31-25(30)16-19-3-6-20-17-24(26)29(23(20)15-19)22-10-13-28(14-11-22)12-9-18-4-7-21(27)8-5-18/h3-8,15,17,22H,2,9-14,16H2,1H3. The SMILES string of the molecule is CCOC(=O)Cc1ccc2cc(Br)n(C3CCN(CCc4ccc(Cl)cc4)CC3)c2c1. The van der Waals surface area contributed by atoms with Crippen LogP contribution in [0.3, 0.4) is 0 Å². The molecule has 1 saturated heterocycles. The summed E-state index contributed by atoms with van der Waals surface area (Å²) in [5.41, 5.74) is 3.52. The van der Waals surface area contributed by atoms with Gasteiger partial charge in [0.25, 0.3) is 0 Å². The van der Waals surface area contributed by atoms with Crippen LogP contribution in [0.2, 0.25) is 5.02 Å². The number of likely N-dealkylation sites (tertiary alicyclic amines) is 1. The highest BCUT2D eigenvalue weighted by Crippen LogP contribution is 2.33. The summed E-state index contributed by atoms with van der Waals surface area (Å²) in [6.45, 7) is 5.51. The summed E-state index contributed by atoms with van der Waals surface area (Å²) >= 11 is 9.76. The van der Waals surface area contributed by atoms with Gasteiger partial charge < -0.3 is 14.2 Å². The van der Waals surface area contributed by atoms with Crippen molar-refractivity contribution in [2.75, 3.05) is 26.2 Å². The van der Waals surface area contributed by atoms with Crippen molar-refractivity contribution in [2.24, 2.45) is 0 Å². The van der Waals surface area contributed by atoms with Gasteiger partial charge in [-0.3, -0.25) is 4.79 Å². The van der Waals surface area contributed by atoms with Gasteiger partial charge in [0.15, 0.2) is 0 Å². The molecule has 0 unspecified atom stereocenters. The smallest absolute Gasteiger partial charge is 0.310 e. The highest BCUT2D eigenvalue weighted by Gasteiger charge is 2.23. The van der Waals surface area contributed by atoms with E-state index < -0.39 is 0 Å². The van der Waals surface area contributed by atoms with E-state index in [0.717, 1.165) is 54.1 Å². The summed E-state index contributed by atoms with van der Waals surface area (Å²) in [5.74, 6) is -0.173. The minimum Gasteiger partial charge on any atom is -0.466 e. The summed E-state index contributed by atoms with van der Waals surface area (Å²) in [6.07, 6.45) is 3.60. The third-order valence-electron chi connectivity index (χ3n) is 6.07. The van der Waals surface area contributed by atoms with E-state index in [-0.39, 0.29) is 5.97 Å². The molecule has 6 heteroatoms. The van der Waals surface area contributed by atoms with Crippen molar-refractivity contribution in [1.29, 1.82) is 0 Å². The maximum absolute atomic E-state index is 11.9. The van der Waals surface area contributed by atoms with E-state index in [9.17, 15) is 4.79 Å². The molecule has 3 aromatic rings. The van der Waals surface area contributed by atoms with Crippen LogP contribution in [0.1, 0.15) is 36.9 Å². The average molecular weight is 504 g/mol. The van der Waals surface area contributed by atoms with E-state index in [2.05, 4.69) is 55.7 Å². The number of fused-ring (bicyclic) bond motifs is 1. The Bertz CT molecular complexity index is 1040. The van der Waals surface area contributed by atoms with Crippen LogP contribution in [0, 0.1) is 0 Å². The predicted octanol–water partition coefficient (Wildman–Crippen LogP) is 6.04. The fraction of sp³-hybridized carbons (Fsp3) is 0.400. The second kappa shape index (κ2) is 10.2. The van der Waals surface area contributed by atoms with E-state index in [1.165, 1.54) is 16.5 Å². The summed E-state index contributed by atoms with van der Waals surface area (Å²) < 4.78 is 8.63. The first-order chi connectivity index (χ1) is 15.0. The molecule has 1 aliphatic rings. The Morgan fingerprint density at radius 2 is 1.81 bits per heavy atom. The lowest BCUT2D eigenvalue weighted by Crippen LogP contribution is -2.36. The van der Waals surface area contributed by atoms with Crippen molar-refractivity contribution in [3.8, 4) is 0 Å². The molecule has 0 radical (unpaired) electrons. The molecule has 0 bridgehead atoms. The molecular formula is C25H28BrClN2O2. The molecule has 2 heterocycles. The van der Waals surface area contributed by atoms with Gasteiger partial charge in [0.2, 0.25) is 0 Å². The van der Waals surface area contributed by atoms with Crippen molar-refractivity contribution in [3.05, 3.63) is 69.3 Å². The third-order valence-corrected chi connectivity index (χ3v) is 6.93. The van der Waals surface area contributed by atoms with E-state index in [4.69, 9.17) is 16.3 Å². The van der Waals surface area contributed by atoms with Gasteiger partial charge >= 0.3 is 5.97 Å². The number of carbonyl (C=O) groups is 1. The summed E-state index contributed by atoms with van der Waals surface area (Å²) in [4.78, 5) is 14.5. The Hall–Kier alpha value is -1.82. The lowest BCUT2D eigenvalue weighted by atomic mass is 10.0. The predicted molar refractivity (Wildman–Crippen MR) is 130 cm³/mol. The van der Waals surface area contributed by atoms with E-state index in [1.807, 2.05) is 25.1 Å². The van der Waals surface area contributed by atoms with Gasteiger partial charge in [-0.25, -0.2) is 0 Å². The maximum Gasteiger partial charge on any atom is 0.310 e. The molecular weight excluding hydrogens is 476 g/mol. The van der Waals surface area contributed by atoms with Crippen molar-refractivity contribution < 1.29 is 9.53 Å². The molecule has 0 amide bonds. The zero-order valence-corrected chi connectivity index (χ0v) is 20.2. The van der Waals surface area contributed by atoms with Crippen molar-refractivity contribution in [1.82, 2.24) is 9.47 Å². The molecule has 1 aromatic heterocycles. The van der Waals surface area contributed by atoms with Gasteiger partial charge in [-0.2, -0.15) is 0 Å². The summed E-state index contributed by atoms with van der Waals surface area (Å²) in [7, 11) is 0. The van der Waals surface area contributed by atoms with Crippen LogP contribution in [-0.2, 0) is 22.4 Å². The highest BCUT2D eigenvalue weighted by molar-refractivity contribution is 9.10. The number of hydrogen-bond acceptors (Lipinski definition) is 3. The minimum atomic E-state index is -0.173. The number of hydrogen-bond donors (Lipinski definition) is 0. The number of esters is 1. The third kappa shape index (κ3) is 5.51. The summed E-state index contributed by atoms with van der Waals surface area (Å²) in [5, 5.41) is 1.99. The number of aromatic nitrogens is 1. The molecule has 164 valence electrons. The largest absolute Gasteiger partial charge is 0.466 e. The quantitative estimate of drug-likeness (QED) is 0.369. The molecule has 0 atom stereocenters. The average Bonchev–Trinajstić information content (AvgIpc) is 3.09. The second-order valence-corrected chi connectivity index (χ2v) is 9.41. The fourth-order valence-corrected chi connectivity index (χ4v) is 5.29. The van der Waals surface area contributed by atoms with Crippen LogP contribution >= 0.6 is 27.5 Å². The van der Waals surface area contributed by atoms with Gasteiger partial charge in [-0.1, -0.05) is 35.9 Å². The van der Waals surface area contributed by atoms with Crippen molar-refractivity contribution >= 4 is 44.4 Å². The molecule has 1 fully saturated rings. The minimum absolute atomic E-state index is 0.173. The van der Waals surface area contributed by atoms with Crippen molar-refractivity contribution in [3.63, 3.8) is 0 Å². The molecule has 4 nitrogen and oxygen atoms in total. The van der Waals surface area contributed by atoms with Crippen LogP contribution in [0.4, 0.5) is 0 Å². The van der Waals surface area contributed by atoms with E-state index >= 15 is 0 Å². The lowest BCUT2D eigenvalue weighted by Gasteiger charge is -2.33. The molecule has 0 spiro atoms. The van der Waals surface area contributed by atoms with Gasteiger partial charge in [0.05, 0.1) is 17.6 Å². The van der Waals surface area contributed by atoms with Gasteiger partial charge in [0.1, 0.15) is 0 Å². The number of carbonyl (C=O) groups excluding carboxylic acids is 1. The number of piperidine rings is 1. The molecule has 1 aliphatic heterocycles. The summed E-state index contributed by atoms with van der Waals surface area (Å²) in [6, 6.07) is 17.1. The molecule has 4 rings (SSSR count). The normalized spacial score (nSPS) is 15.5.